The minimum Gasteiger partial charge on any atom is -0.491 e. The molecule has 156 valence electrons. The second kappa shape index (κ2) is 10.5. The number of piperidine rings is 1. The predicted octanol–water partition coefficient (Wildman–Crippen LogP) is 4.43. The first-order valence-corrected chi connectivity index (χ1v) is 10.6. The molecule has 2 aromatic rings. The smallest absolute Gasteiger partial charge is 0.171 e. The van der Waals surface area contributed by atoms with E-state index >= 15 is 0 Å². The van der Waals surface area contributed by atoms with Crippen LogP contribution in [0.25, 0.3) is 0 Å². The van der Waals surface area contributed by atoms with Crippen molar-refractivity contribution in [3.05, 3.63) is 54.1 Å². The maximum absolute atomic E-state index is 6.10. The second-order valence-corrected chi connectivity index (χ2v) is 8.17. The van der Waals surface area contributed by atoms with E-state index in [-0.39, 0.29) is 6.10 Å². The fraction of sp³-hybridized carbons (Fsp3) is 0.435. The number of hydrogen-bond acceptors (Lipinski definition) is 4. The largest absolute Gasteiger partial charge is 0.491 e. The van der Waals surface area contributed by atoms with Gasteiger partial charge in [-0.05, 0) is 75.8 Å². The van der Waals surface area contributed by atoms with Crippen LogP contribution in [0.5, 0.6) is 11.5 Å². The number of hydrogen-bond donors (Lipinski definition) is 2. The fourth-order valence-electron chi connectivity index (χ4n) is 3.26. The highest BCUT2D eigenvalue weighted by Gasteiger charge is 2.17. The molecule has 1 heterocycles. The van der Waals surface area contributed by atoms with Gasteiger partial charge in [0, 0.05) is 31.4 Å². The standard InChI is InChI=1S/C23H31N3O2S/c1-17(2)27-22-6-4-5-19(15-22)25-23(29)24-16-18-7-9-20(10-8-18)28-21-11-13-26(3)14-12-21/h4-10,15,17,21H,11-14,16H2,1-3H3,(H2,24,25,29). The number of rotatable bonds is 7. The molecule has 1 aliphatic heterocycles. The summed E-state index contributed by atoms with van der Waals surface area (Å²) >= 11 is 5.42. The van der Waals surface area contributed by atoms with Crippen molar-refractivity contribution in [3.63, 3.8) is 0 Å². The molecular weight excluding hydrogens is 382 g/mol. The van der Waals surface area contributed by atoms with Crippen molar-refractivity contribution < 1.29 is 9.47 Å². The summed E-state index contributed by atoms with van der Waals surface area (Å²) in [5.41, 5.74) is 2.06. The zero-order valence-electron chi connectivity index (χ0n) is 17.5. The second-order valence-electron chi connectivity index (χ2n) is 7.77. The Labute approximate surface area is 179 Å². The summed E-state index contributed by atoms with van der Waals surface area (Å²) < 4.78 is 11.8. The molecule has 1 fully saturated rings. The SMILES string of the molecule is CC(C)Oc1cccc(NC(=S)NCc2ccc(OC3CCN(C)CC3)cc2)c1. The lowest BCUT2D eigenvalue weighted by Gasteiger charge is -2.29. The Hall–Kier alpha value is -2.31. The average molecular weight is 414 g/mol. The molecule has 5 nitrogen and oxygen atoms in total. The molecule has 2 N–H and O–H groups in total. The molecule has 0 atom stereocenters. The van der Waals surface area contributed by atoms with Crippen LogP contribution in [0.15, 0.2) is 48.5 Å². The van der Waals surface area contributed by atoms with Crippen LogP contribution in [0.3, 0.4) is 0 Å². The average Bonchev–Trinajstić information content (AvgIpc) is 2.69. The van der Waals surface area contributed by atoms with Gasteiger partial charge in [0.25, 0.3) is 0 Å². The van der Waals surface area contributed by atoms with Crippen LogP contribution >= 0.6 is 12.2 Å². The highest BCUT2D eigenvalue weighted by molar-refractivity contribution is 7.80. The quantitative estimate of drug-likeness (QED) is 0.655. The van der Waals surface area contributed by atoms with E-state index in [9.17, 15) is 0 Å². The fourth-order valence-corrected chi connectivity index (χ4v) is 3.45. The summed E-state index contributed by atoms with van der Waals surface area (Å²) in [6.45, 7) is 6.88. The van der Waals surface area contributed by atoms with Crippen molar-refractivity contribution in [1.29, 1.82) is 0 Å². The highest BCUT2D eigenvalue weighted by Crippen LogP contribution is 2.20. The monoisotopic (exact) mass is 413 g/mol. The Morgan fingerprint density at radius 3 is 2.52 bits per heavy atom. The molecule has 1 aliphatic rings. The van der Waals surface area contributed by atoms with Crippen LogP contribution in [0.1, 0.15) is 32.3 Å². The van der Waals surface area contributed by atoms with Crippen LogP contribution in [0, 0.1) is 0 Å². The van der Waals surface area contributed by atoms with Gasteiger partial charge in [0.2, 0.25) is 0 Å². The molecule has 6 heteroatoms. The van der Waals surface area contributed by atoms with Crippen molar-refractivity contribution in [2.75, 3.05) is 25.5 Å². The van der Waals surface area contributed by atoms with Gasteiger partial charge in [-0.15, -0.1) is 0 Å². The number of nitrogens with one attached hydrogen (secondary N) is 2. The van der Waals surface area contributed by atoms with Crippen LogP contribution < -0.4 is 20.1 Å². The minimum absolute atomic E-state index is 0.140. The van der Waals surface area contributed by atoms with Gasteiger partial charge < -0.3 is 25.0 Å². The Kier molecular flexibility index (Phi) is 7.72. The van der Waals surface area contributed by atoms with Gasteiger partial charge >= 0.3 is 0 Å². The van der Waals surface area contributed by atoms with Gasteiger partial charge in [-0.3, -0.25) is 0 Å². The summed E-state index contributed by atoms with van der Waals surface area (Å²) in [5, 5.41) is 7.03. The van der Waals surface area contributed by atoms with Crippen molar-refractivity contribution in [2.24, 2.45) is 0 Å². The molecule has 3 rings (SSSR count). The molecule has 0 saturated carbocycles. The molecule has 0 unspecified atom stereocenters. The van der Waals surface area contributed by atoms with Crippen molar-refractivity contribution >= 4 is 23.0 Å². The molecular formula is C23H31N3O2S. The Bertz CT molecular complexity index is 787. The van der Waals surface area contributed by atoms with E-state index in [0.29, 0.717) is 17.8 Å². The van der Waals surface area contributed by atoms with Crippen molar-refractivity contribution in [3.8, 4) is 11.5 Å². The van der Waals surface area contributed by atoms with Gasteiger partial charge in [0.1, 0.15) is 17.6 Å². The summed E-state index contributed by atoms with van der Waals surface area (Å²) in [7, 11) is 2.16. The number of nitrogens with zero attached hydrogens (tertiary/aromatic N) is 1. The van der Waals surface area contributed by atoms with Gasteiger partial charge in [-0.2, -0.15) is 0 Å². The summed E-state index contributed by atoms with van der Waals surface area (Å²) in [6, 6.07) is 16.0. The van der Waals surface area contributed by atoms with Gasteiger partial charge in [-0.1, -0.05) is 18.2 Å². The van der Waals surface area contributed by atoms with Crippen LogP contribution in [0.4, 0.5) is 5.69 Å². The summed E-state index contributed by atoms with van der Waals surface area (Å²) in [5.74, 6) is 1.76. The van der Waals surface area contributed by atoms with Crippen molar-refractivity contribution in [2.45, 2.75) is 45.4 Å². The predicted molar refractivity (Wildman–Crippen MR) is 123 cm³/mol. The molecule has 0 aliphatic carbocycles. The Balaban J connectivity index is 1.44. The van der Waals surface area contributed by atoms with E-state index < -0.39 is 0 Å². The van der Waals surface area contributed by atoms with E-state index in [2.05, 4.69) is 34.7 Å². The number of anilines is 1. The number of ether oxygens (including phenoxy) is 2. The van der Waals surface area contributed by atoms with Crippen LogP contribution in [0.2, 0.25) is 0 Å². The van der Waals surface area contributed by atoms with Gasteiger partial charge in [0.05, 0.1) is 6.10 Å². The number of likely N-dealkylation sites (tertiary alicyclic amines) is 1. The molecule has 0 bridgehead atoms. The van der Waals surface area contributed by atoms with E-state index in [1.54, 1.807) is 0 Å². The van der Waals surface area contributed by atoms with E-state index in [1.807, 2.05) is 50.2 Å². The molecule has 2 aromatic carbocycles. The van der Waals surface area contributed by atoms with Gasteiger partial charge in [0.15, 0.2) is 5.11 Å². The van der Waals surface area contributed by atoms with E-state index in [1.165, 1.54) is 0 Å². The third-order valence-corrected chi connectivity index (χ3v) is 5.05. The third-order valence-electron chi connectivity index (χ3n) is 4.81. The summed E-state index contributed by atoms with van der Waals surface area (Å²) in [6.07, 6.45) is 2.64. The topological polar surface area (TPSA) is 45.8 Å². The molecule has 0 spiro atoms. The normalized spacial score (nSPS) is 15.2. The summed E-state index contributed by atoms with van der Waals surface area (Å²) in [4.78, 5) is 2.35. The first-order chi connectivity index (χ1) is 14.0. The molecule has 0 radical (unpaired) electrons. The zero-order valence-corrected chi connectivity index (χ0v) is 18.3. The lowest BCUT2D eigenvalue weighted by molar-refractivity contribution is 0.114. The highest BCUT2D eigenvalue weighted by atomic mass is 32.1. The Morgan fingerprint density at radius 1 is 1.10 bits per heavy atom. The molecule has 29 heavy (non-hydrogen) atoms. The van der Waals surface area contributed by atoms with Gasteiger partial charge in [-0.25, -0.2) is 0 Å². The van der Waals surface area contributed by atoms with Crippen LogP contribution in [-0.4, -0.2) is 42.4 Å². The maximum Gasteiger partial charge on any atom is 0.171 e. The zero-order chi connectivity index (χ0) is 20.6. The minimum atomic E-state index is 0.140. The lowest BCUT2D eigenvalue weighted by atomic mass is 10.1. The first kappa shape index (κ1) is 21.4. The Morgan fingerprint density at radius 2 is 1.83 bits per heavy atom. The van der Waals surface area contributed by atoms with E-state index in [0.717, 1.165) is 48.7 Å². The maximum atomic E-state index is 6.10. The van der Waals surface area contributed by atoms with Crippen LogP contribution in [-0.2, 0) is 6.54 Å². The third kappa shape index (κ3) is 7.22. The number of thiocarbonyl (C=S) groups is 1. The lowest BCUT2D eigenvalue weighted by Crippen LogP contribution is -2.35. The molecule has 1 saturated heterocycles. The number of benzene rings is 2. The van der Waals surface area contributed by atoms with E-state index in [4.69, 9.17) is 21.7 Å². The molecule has 0 amide bonds. The van der Waals surface area contributed by atoms with Crippen molar-refractivity contribution in [1.82, 2.24) is 10.2 Å². The molecule has 0 aromatic heterocycles. The first-order valence-electron chi connectivity index (χ1n) is 10.2.